The second-order valence-electron chi connectivity index (χ2n) is 7.37. The zero-order chi connectivity index (χ0) is 21.8. The molecule has 1 fully saturated rings. The first-order valence-corrected chi connectivity index (χ1v) is 10.00. The summed E-state index contributed by atoms with van der Waals surface area (Å²) in [5.41, 5.74) is 1.91. The van der Waals surface area contributed by atoms with Crippen molar-refractivity contribution in [3.63, 3.8) is 0 Å². The Kier molecular flexibility index (Phi) is 5.88. The molecule has 2 heterocycles. The number of rotatable bonds is 6. The lowest BCUT2D eigenvalue weighted by molar-refractivity contribution is -0.128. The Morgan fingerprint density at radius 1 is 1.03 bits per heavy atom. The Hall–Kier alpha value is -3.81. The van der Waals surface area contributed by atoms with Gasteiger partial charge in [0.2, 0.25) is 5.91 Å². The molecule has 0 atom stereocenters. The van der Waals surface area contributed by atoms with Crippen LogP contribution in [-0.2, 0) is 17.9 Å². The predicted molar refractivity (Wildman–Crippen MR) is 112 cm³/mol. The summed E-state index contributed by atoms with van der Waals surface area (Å²) in [5, 5.41) is 6.90. The van der Waals surface area contributed by atoms with Gasteiger partial charge in [-0.15, -0.1) is 0 Å². The van der Waals surface area contributed by atoms with E-state index in [4.69, 9.17) is 0 Å². The summed E-state index contributed by atoms with van der Waals surface area (Å²) < 4.78 is 14.2. The minimum atomic E-state index is -0.434. The highest BCUT2D eigenvalue weighted by atomic mass is 19.1. The number of nitrogens with zero attached hydrogens (tertiary/aromatic N) is 3. The number of hydrogen-bond acceptors (Lipinski definition) is 4. The van der Waals surface area contributed by atoms with E-state index in [2.05, 4.69) is 10.4 Å². The van der Waals surface area contributed by atoms with Crippen LogP contribution in [0.3, 0.4) is 0 Å². The molecule has 3 aromatic rings. The van der Waals surface area contributed by atoms with Gasteiger partial charge in [0, 0.05) is 32.1 Å². The van der Waals surface area contributed by atoms with Crippen LogP contribution in [0.1, 0.15) is 34.5 Å². The van der Waals surface area contributed by atoms with E-state index < -0.39 is 17.3 Å². The fraction of sp³-hybridized carbons (Fsp3) is 0.217. The number of aromatic nitrogens is 2. The summed E-state index contributed by atoms with van der Waals surface area (Å²) in [4.78, 5) is 38.3. The third-order valence-electron chi connectivity index (χ3n) is 5.09. The fourth-order valence-electron chi connectivity index (χ4n) is 3.50. The molecule has 0 radical (unpaired) electrons. The van der Waals surface area contributed by atoms with Crippen LogP contribution in [0.25, 0.3) is 5.69 Å². The van der Waals surface area contributed by atoms with Crippen LogP contribution in [0, 0.1) is 5.82 Å². The summed E-state index contributed by atoms with van der Waals surface area (Å²) in [6, 6.07) is 15.6. The molecule has 7 nitrogen and oxygen atoms in total. The van der Waals surface area contributed by atoms with E-state index in [-0.39, 0.29) is 18.1 Å². The molecule has 8 heteroatoms. The average Bonchev–Trinajstić information content (AvgIpc) is 3.17. The van der Waals surface area contributed by atoms with Crippen LogP contribution in [0.2, 0.25) is 0 Å². The summed E-state index contributed by atoms with van der Waals surface area (Å²) >= 11 is 0. The first-order chi connectivity index (χ1) is 15.0. The third kappa shape index (κ3) is 4.85. The average molecular weight is 420 g/mol. The number of carbonyl (C=O) groups excluding carboxylic acids is 2. The SMILES string of the molecule is O=C(NCc1cccc(CN2CCCC2=O)c1)c1ccc(=O)n(-c2ccc(F)cc2)n1. The molecule has 1 N–H and O–H groups in total. The largest absolute Gasteiger partial charge is 0.347 e. The maximum Gasteiger partial charge on any atom is 0.272 e. The summed E-state index contributed by atoms with van der Waals surface area (Å²) in [6.45, 7) is 1.61. The van der Waals surface area contributed by atoms with E-state index in [0.717, 1.165) is 28.8 Å². The van der Waals surface area contributed by atoms with Crippen molar-refractivity contribution in [2.75, 3.05) is 6.54 Å². The second kappa shape index (κ2) is 8.91. The first kappa shape index (κ1) is 20.5. The Morgan fingerprint density at radius 2 is 1.81 bits per heavy atom. The number of nitrogens with one attached hydrogen (secondary N) is 1. The molecule has 2 amide bonds. The molecule has 31 heavy (non-hydrogen) atoms. The van der Waals surface area contributed by atoms with Crippen LogP contribution in [-0.4, -0.2) is 33.0 Å². The Bertz CT molecular complexity index is 1170. The van der Waals surface area contributed by atoms with E-state index in [1.165, 1.54) is 36.4 Å². The number of hydrogen-bond donors (Lipinski definition) is 1. The van der Waals surface area contributed by atoms with Gasteiger partial charge in [-0.2, -0.15) is 9.78 Å². The van der Waals surface area contributed by atoms with Gasteiger partial charge in [-0.1, -0.05) is 24.3 Å². The predicted octanol–water partition coefficient (Wildman–Crippen LogP) is 2.42. The third-order valence-corrected chi connectivity index (χ3v) is 5.09. The van der Waals surface area contributed by atoms with Crippen molar-refractivity contribution in [1.29, 1.82) is 0 Å². The lowest BCUT2D eigenvalue weighted by Gasteiger charge is -2.16. The van der Waals surface area contributed by atoms with Gasteiger partial charge >= 0.3 is 0 Å². The normalized spacial score (nSPS) is 13.5. The van der Waals surface area contributed by atoms with Gasteiger partial charge in [0.15, 0.2) is 0 Å². The first-order valence-electron chi connectivity index (χ1n) is 10.00. The van der Waals surface area contributed by atoms with Crippen LogP contribution in [0.5, 0.6) is 0 Å². The molecule has 1 aliphatic heterocycles. The van der Waals surface area contributed by atoms with Crippen LogP contribution >= 0.6 is 0 Å². The highest BCUT2D eigenvalue weighted by Gasteiger charge is 2.20. The monoisotopic (exact) mass is 420 g/mol. The molecule has 0 spiro atoms. The molecule has 1 aromatic heterocycles. The molecule has 0 aliphatic carbocycles. The van der Waals surface area contributed by atoms with Gasteiger partial charge in [0.1, 0.15) is 11.5 Å². The van der Waals surface area contributed by atoms with Gasteiger partial charge in [0.25, 0.3) is 11.5 Å². The maximum atomic E-state index is 13.1. The van der Waals surface area contributed by atoms with Crippen molar-refractivity contribution in [3.05, 3.63) is 93.7 Å². The van der Waals surface area contributed by atoms with Crippen LogP contribution < -0.4 is 10.9 Å². The molecule has 158 valence electrons. The summed E-state index contributed by atoms with van der Waals surface area (Å²) in [6.07, 6.45) is 1.49. The topological polar surface area (TPSA) is 84.3 Å². The number of halogens is 1. The Labute approximate surface area is 178 Å². The van der Waals surface area contributed by atoms with Crippen molar-refractivity contribution in [2.45, 2.75) is 25.9 Å². The van der Waals surface area contributed by atoms with E-state index in [1.54, 1.807) is 0 Å². The minimum Gasteiger partial charge on any atom is -0.347 e. The molecular weight excluding hydrogens is 399 g/mol. The van der Waals surface area contributed by atoms with Crippen molar-refractivity contribution >= 4 is 11.8 Å². The number of likely N-dealkylation sites (tertiary alicyclic amines) is 1. The molecular formula is C23H21FN4O3. The Morgan fingerprint density at radius 3 is 2.55 bits per heavy atom. The van der Waals surface area contributed by atoms with Gasteiger partial charge in [0.05, 0.1) is 5.69 Å². The summed E-state index contributed by atoms with van der Waals surface area (Å²) in [5.74, 6) is -0.695. The molecule has 0 unspecified atom stereocenters. The van der Waals surface area contributed by atoms with Gasteiger partial charge in [-0.25, -0.2) is 4.39 Å². The zero-order valence-electron chi connectivity index (χ0n) is 16.8. The number of benzene rings is 2. The minimum absolute atomic E-state index is 0.0720. The molecule has 4 rings (SSSR count). The van der Waals surface area contributed by atoms with E-state index in [0.29, 0.717) is 18.7 Å². The van der Waals surface area contributed by atoms with Crippen LogP contribution in [0.15, 0.2) is 65.5 Å². The second-order valence-corrected chi connectivity index (χ2v) is 7.37. The van der Waals surface area contributed by atoms with E-state index in [1.807, 2.05) is 29.2 Å². The zero-order valence-corrected chi connectivity index (χ0v) is 16.8. The van der Waals surface area contributed by atoms with Gasteiger partial charge < -0.3 is 10.2 Å². The maximum absolute atomic E-state index is 13.1. The fourth-order valence-corrected chi connectivity index (χ4v) is 3.50. The van der Waals surface area contributed by atoms with E-state index in [9.17, 15) is 18.8 Å². The highest BCUT2D eigenvalue weighted by molar-refractivity contribution is 5.92. The molecule has 2 aromatic carbocycles. The van der Waals surface area contributed by atoms with Crippen molar-refractivity contribution in [2.24, 2.45) is 0 Å². The Balaban J connectivity index is 1.44. The van der Waals surface area contributed by atoms with Crippen LogP contribution in [0.4, 0.5) is 4.39 Å². The van der Waals surface area contributed by atoms with Crippen molar-refractivity contribution in [1.82, 2.24) is 20.0 Å². The molecule has 0 bridgehead atoms. The number of carbonyl (C=O) groups is 2. The highest BCUT2D eigenvalue weighted by Crippen LogP contribution is 2.15. The van der Waals surface area contributed by atoms with Gasteiger partial charge in [-0.3, -0.25) is 14.4 Å². The molecule has 0 saturated carbocycles. The van der Waals surface area contributed by atoms with Crippen molar-refractivity contribution < 1.29 is 14.0 Å². The lowest BCUT2D eigenvalue weighted by atomic mass is 10.1. The standard InChI is InChI=1S/C23H21FN4O3/c24-18-6-8-19(9-7-18)28-22(30)11-10-20(26-28)23(31)25-14-16-3-1-4-17(13-16)15-27-12-2-5-21(27)29/h1,3-4,6-11,13H,2,5,12,14-15H2,(H,25,31). The smallest absolute Gasteiger partial charge is 0.272 e. The molecule has 1 saturated heterocycles. The molecule has 1 aliphatic rings. The van der Waals surface area contributed by atoms with E-state index >= 15 is 0 Å². The van der Waals surface area contributed by atoms with Gasteiger partial charge in [-0.05, 0) is 47.9 Å². The van der Waals surface area contributed by atoms with Crippen molar-refractivity contribution in [3.8, 4) is 5.69 Å². The number of amides is 2. The summed E-state index contributed by atoms with van der Waals surface area (Å²) in [7, 11) is 0. The lowest BCUT2D eigenvalue weighted by Crippen LogP contribution is -2.28. The quantitative estimate of drug-likeness (QED) is 0.664.